The number of aromatic nitrogens is 1. The van der Waals surface area contributed by atoms with Crippen molar-refractivity contribution in [2.45, 2.75) is 18.1 Å². The van der Waals surface area contributed by atoms with Gasteiger partial charge in [-0.25, -0.2) is 13.4 Å². The van der Waals surface area contributed by atoms with Crippen molar-refractivity contribution in [3.8, 4) is 0 Å². The average Bonchev–Trinajstić information content (AvgIpc) is 2.30. The van der Waals surface area contributed by atoms with Gasteiger partial charge in [0.05, 0.1) is 10.7 Å². The second-order valence-electron chi connectivity index (χ2n) is 2.25. The van der Waals surface area contributed by atoms with E-state index in [1.54, 1.807) is 13.8 Å². The third-order valence-corrected chi connectivity index (χ3v) is 4.04. The minimum atomic E-state index is -3.86. The van der Waals surface area contributed by atoms with Crippen LogP contribution in [0.5, 0.6) is 0 Å². The zero-order valence-corrected chi connectivity index (χ0v) is 8.55. The topological polar surface area (TPSA) is 95.8 Å². The van der Waals surface area contributed by atoms with Gasteiger partial charge in [-0.3, -0.25) is 0 Å². The lowest BCUT2D eigenvalue weighted by Gasteiger charge is -1.90. The van der Waals surface area contributed by atoms with Crippen LogP contribution in [0.25, 0.3) is 10.4 Å². The van der Waals surface area contributed by atoms with Gasteiger partial charge in [-0.15, -0.1) is 11.3 Å². The molecule has 6 nitrogen and oxygen atoms in total. The summed E-state index contributed by atoms with van der Waals surface area (Å²) in [5, 5.41) is 0.629. The van der Waals surface area contributed by atoms with Gasteiger partial charge in [-0.1, -0.05) is 0 Å². The van der Waals surface area contributed by atoms with Crippen LogP contribution in [0.3, 0.4) is 0 Å². The molecule has 0 atom stereocenters. The van der Waals surface area contributed by atoms with Crippen LogP contribution in [0, 0.1) is 13.8 Å². The van der Waals surface area contributed by atoms with E-state index < -0.39 is 10.0 Å². The molecule has 0 saturated carbocycles. The molecule has 8 heteroatoms. The number of hydrogen-bond acceptors (Lipinski definition) is 4. The summed E-state index contributed by atoms with van der Waals surface area (Å²) >= 11 is 0.997. The van der Waals surface area contributed by atoms with Gasteiger partial charge in [-0.2, -0.15) is 0 Å². The number of hydrogen-bond donors (Lipinski definition) is 0. The monoisotopic (exact) mass is 218 g/mol. The third-order valence-electron chi connectivity index (χ3n) is 1.24. The standard InChI is InChI=1S/C5H6N4O2S2/c1-3-5(12-4(2)7-3)13(10,11)9-8-6/h1-2H3. The molecule has 0 aliphatic rings. The maximum atomic E-state index is 11.2. The lowest BCUT2D eigenvalue weighted by Crippen LogP contribution is -1.93. The molecule has 0 amide bonds. The Labute approximate surface area is 78.9 Å². The molecule has 0 bridgehead atoms. The lowest BCUT2D eigenvalue weighted by molar-refractivity contribution is 0.598. The summed E-state index contributed by atoms with van der Waals surface area (Å²) in [6.07, 6.45) is 0. The maximum absolute atomic E-state index is 11.2. The molecule has 1 aromatic rings. The molecule has 1 heterocycles. The van der Waals surface area contributed by atoms with Crippen LogP contribution in [0.1, 0.15) is 10.7 Å². The number of aryl methyl sites for hydroxylation is 2. The zero-order chi connectivity index (χ0) is 10.1. The summed E-state index contributed by atoms with van der Waals surface area (Å²) in [7, 11) is -3.86. The minimum absolute atomic E-state index is 0.0165. The van der Waals surface area contributed by atoms with Crippen molar-refractivity contribution in [1.82, 2.24) is 4.98 Å². The number of thiazole rings is 1. The molecule has 0 saturated heterocycles. The maximum Gasteiger partial charge on any atom is 0.275 e. The SMILES string of the molecule is Cc1nc(C)c(S(=O)(=O)N=[N+]=[N-])s1. The predicted molar refractivity (Wildman–Crippen MR) is 47.9 cm³/mol. The smallest absolute Gasteiger partial charge is 0.245 e. The summed E-state index contributed by atoms with van der Waals surface area (Å²) in [6, 6.07) is 0. The Morgan fingerprint density at radius 3 is 2.54 bits per heavy atom. The minimum Gasteiger partial charge on any atom is -0.245 e. The first-order valence-corrected chi connectivity index (χ1v) is 5.48. The Kier molecular flexibility index (Phi) is 2.55. The van der Waals surface area contributed by atoms with Gasteiger partial charge >= 0.3 is 0 Å². The van der Waals surface area contributed by atoms with E-state index in [0.717, 1.165) is 11.3 Å². The molecule has 1 aromatic heterocycles. The van der Waals surface area contributed by atoms with Gasteiger partial charge in [0, 0.05) is 9.43 Å². The molecule has 0 aliphatic heterocycles. The first-order valence-electron chi connectivity index (χ1n) is 3.23. The van der Waals surface area contributed by atoms with E-state index in [9.17, 15) is 8.42 Å². The van der Waals surface area contributed by atoms with Crippen LogP contribution in [-0.4, -0.2) is 13.4 Å². The van der Waals surface area contributed by atoms with Crippen molar-refractivity contribution in [2.24, 2.45) is 4.52 Å². The van der Waals surface area contributed by atoms with Gasteiger partial charge in [0.1, 0.15) is 4.21 Å². The number of azide groups is 1. The molecule has 0 N–H and O–H groups in total. The van der Waals surface area contributed by atoms with Crippen molar-refractivity contribution in [3.63, 3.8) is 0 Å². The zero-order valence-electron chi connectivity index (χ0n) is 6.92. The van der Waals surface area contributed by atoms with Crippen molar-refractivity contribution in [2.75, 3.05) is 0 Å². The number of nitrogens with zero attached hydrogens (tertiary/aromatic N) is 4. The average molecular weight is 218 g/mol. The van der Waals surface area contributed by atoms with E-state index >= 15 is 0 Å². The molecule has 0 aromatic carbocycles. The fourth-order valence-electron chi connectivity index (χ4n) is 0.837. The Hall–Kier alpha value is -1.11. The molecule has 0 aliphatic carbocycles. The summed E-state index contributed by atoms with van der Waals surface area (Å²) < 4.78 is 25.2. The quantitative estimate of drug-likeness (QED) is 0.429. The summed E-state index contributed by atoms with van der Waals surface area (Å²) in [4.78, 5) is 6.17. The molecule has 70 valence electrons. The molecule has 0 fully saturated rings. The van der Waals surface area contributed by atoms with Crippen LogP contribution < -0.4 is 0 Å². The Morgan fingerprint density at radius 2 is 2.15 bits per heavy atom. The van der Waals surface area contributed by atoms with Crippen LogP contribution in [0.15, 0.2) is 8.73 Å². The first-order chi connectivity index (χ1) is 5.97. The second-order valence-corrected chi connectivity index (χ2v) is 5.24. The van der Waals surface area contributed by atoms with E-state index in [4.69, 9.17) is 5.53 Å². The van der Waals surface area contributed by atoms with E-state index in [-0.39, 0.29) is 4.21 Å². The van der Waals surface area contributed by atoms with Crippen LogP contribution in [-0.2, 0) is 10.0 Å². The van der Waals surface area contributed by atoms with Gasteiger partial charge in [0.2, 0.25) is 0 Å². The summed E-state index contributed by atoms with van der Waals surface area (Å²) in [5.41, 5.74) is 8.39. The Bertz CT molecular complexity index is 469. The van der Waals surface area contributed by atoms with E-state index in [1.807, 2.05) is 0 Å². The van der Waals surface area contributed by atoms with Crippen molar-refractivity contribution in [3.05, 3.63) is 21.1 Å². The molecular formula is C5H6N4O2S2. The highest BCUT2D eigenvalue weighted by atomic mass is 32.2. The van der Waals surface area contributed by atoms with E-state index in [0.29, 0.717) is 10.7 Å². The Balaban J connectivity index is 3.38. The van der Waals surface area contributed by atoms with Crippen molar-refractivity contribution >= 4 is 21.4 Å². The summed E-state index contributed by atoms with van der Waals surface area (Å²) in [6.45, 7) is 3.25. The van der Waals surface area contributed by atoms with Crippen LogP contribution in [0.4, 0.5) is 0 Å². The third kappa shape index (κ3) is 1.97. The largest absolute Gasteiger partial charge is 0.275 e. The second kappa shape index (κ2) is 3.33. The first kappa shape index (κ1) is 9.97. The van der Waals surface area contributed by atoms with Crippen molar-refractivity contribution < 1.29 is 8.42 Å². The van der Waals surface area contributed by atoms with E-state index in [1.165, 1.54) is 0 Å². The van der Waals surface area contributed by atoms with Crippen molar-refractivity contribution in [1.29, 1.82) is 0 Å². The van der Waals surface area contributed by atoms with Gasteiger partial charge in [0.15, 0.2) is 0 Å². The molecular weight excluding hydrogens is 212 g/mol. The van der Waals surface area contributed by atoms with Gasteiger partial charge in [0.25, 0.3) is 10.0 Å². The molecule has 1 rings (SSSR count). The number of rotatable bonds is 2. The van der Waals surface area contributed by atoms with Crippen LogP contribution in [0.2, 0.25) is 0 Å². The predicted octanol–water partition coefficient (Wildman–Crippen LogP) is 1.76. The Morgan fingerprint density at radius 1 is 1.54 bits per heavy atom. The molecule has 0 unspecified atom stereocenters. The lowest BCUT2D eigenvalue weighted by atomic mass is 10.6. The number of sulfonamides is 1. The van der Waals surface area contributed by atoms with E-state index in [2.05, 4.69) is 14.4 Å². The van der Waals surface area contributed by atoms with Gasteiger partial charge in [-0.05, 0) is 19.4 Å². The van der Waals surface area contributed by atoms with Gasteiger partial charge < -0.3 is 0 Å². The highest BCUT2D eigenvalue weighted by molar-refractivity contribution is 7.92. The molecule has 13 heavy (non-hydrogen) atoms. The van der Waals surface area contributed by atoms with Crippen LogP contribution >= 0.6 is 11.3 Å². The molecule has 0 spiro atoms. The highest BCUT2D eigenvalue weighted by Gasteiger charge is 2.18. The normalized spacial score (nSPS) is 10.9. The highest BCUT2D eigenvalue weighted by Crippen LogP contribution is 2.24. The fraction of sp³-hybridized carbons (Fsp3) is 0.400. The molecule has 0 radical (unpaired) electrons. The summed E-state index contributed by atoms with van der Waals surface area (Å²) in [5.74, 6) is 0. The fourth-order valence-corrected chi connectivity index (χ4v) is 2.95.